The molecule has 4 nitrogen and oxygen atoms in total. The molecule has 5 aliphatic rings. The quantitative estimate of drug-likeness (QED) is 0.665. The van der Waals surface area contributed by atoms with Crippen molar-refractivity contribution in [1.29, 1.82) is 0 Å². The van der Waals surface area contributed by atoms with Crippen LogP contribution in [0.3, 0.4) is 0 Å². The molecule has 0 amide bonds. The molecule has 1 aromatic rings. The summed E-state index contributed by atoms with van der Waals surface area (Å²) in [6.07, 6.45) is 0. The van der Waals surface area contributed by atoms with E-state index >= 15 is 0 Å². The highest BCUT2D eigenvalue weighted by atomic mass is 15.3. The summed E-state index contributed by atoms with van der Waals surface area (Å²) in [6.45, 7) is 9.54. The number of piperazine rings is 1. The topological polar surface area (TPSA) is 58.5 Å². The molecule has 5 heterocycles. The van der Waals surface area contributed by atoms with E-state index in [4.69, 9.17) is 11.5 Å². The van der Waals surface area contributed by atoms with Crippen LogP contribution in [0.15, 0.2) is 0 Å². The van der Waals surface area contributed by atoms with Gasteiger partial charge in [-0.25, -0.2) is 0 Å². The molecule has 0 aromatic heterocycles. The molecule has 0 aliphatic carbocycles. The molecule has 1 fully saturated rings. The number of benzene rings is 1. The Bertz CT molecular complexity index is 466. The molecule has 1 aromatic carbocycles. The molecule has 1 atom stereocenters. The predicted octanol–water partition coefficient (Wildman–Crippen LogP) is 1.50. The Kier molecular flexibility index (Phi) is 2.00. The number of nitrogen functional groups attached to an aromatic ring is 2. The number of hydrogen-bond acceptors (Lipinski definition) is 4. The second-order valence-electron chi connectivity index (χ2n) is 5.26. The van der Waals surface area contributed by atoms with Gasteiger partial charge in [-0.2, -0.15) is 0 Å². The van der Waals surface area contributed by atoms with Crippen LogP contribution in [0.25, 0.3) is 0 Å². The molecule has 1 unspecified atom stereocenters. The molecule has 0 radical (unpaired) electrons. The Labute approximate surface area is 102 Å². The molecule has 4 N–H and O–H groups in total. The first-order valence-electron chi connectivity index (χ1n) is 6.22. The highest BCUT2D eigenvalue weighted by Crippen LogP contribution is 2.46. The minimum absolute atomic E-state index is 0.503. The summed E-state index contributed by atoms with van der Waals surface area (Å²) in [5, 5.41) is 0. The molecule has 92 valence electrons. The van der Waals surface area contributed by atoms with E-state index in [1.165, 1.54) is 0 Å². The van der Waals surface area contributed by atoms with Crippen molar-refractivity contribution < 1.29 is 0 Å². The van der Waals surface area contributed by atoms with E-state index in [-0.39, 0.29) is 0 Å². The van der Waals surface area contributed by atoms with Gasteiger partial charge in [-0.05, 0) is 31.9 Å². The van der Waals surface area contributed by atoms with E-state index in [0.717, 1.165) is 53.5 Å². The molecule has 1 saturated heterocycles. The fourth-order valence-electron chi connectivity index (χ4n) is 3.28. The largest absolute Gasteiger partial charge is 0.397 e. The smallest absolute Gasteiger partial charge is 0.0658 e. The SMILES string of the molecule is Cc1c(N)c2c(C)c(N)c1N1CCN2C(C)C1. The summed E-state index contributed by atoms with van der Waals surface area (Å²) in [7, 11) is 0. The van der Waals surface area contributed by atoms with Gasteiger partial charge in [0.15, 0.2) is 0 Å². The summed E-state index contributed by atoms with van der Waals surface area (Å²) >= 11 is 0. The molecule has 6 rings (SSSR count). The van der Waals surface area contributed by atoms with Crippen LogP contribution in [0.2, 0.25) is 0 Å². The first-order chi connectivity index (χ1) is 8.02. The minimum Gasteiger partial charge on any atom is -0.397 e. The van der Waals surface area contributed by atoms with Crippen molar-refractivity contribution in [3.63, 3.8) is 0 Å². The highest BCUT2D eigenvalue weighted by Gasteiger charge is 2.34. The fraction of sp³-hybridized carbons (Fsp3) is 0.538. The zero-order chi connectivity index (χ0) is 12.3. The standard InChI is InChI=1S/C13H20N4/c1-7-6-16-4-5-17(7)13-9(3)10(14)12(16)8(2)11(13)15/h7H,4-6,14-15H2,1-3H3. The lowest BCUT2D eigenvalue weighted by Crippen LogP contribution is -2.54. The Balaban J connectivity index is 2.40. The van der Waals surface area contributed by atoms with E-state index < -0.39 is 0 Å². The van der Waals surface area contributed by atoms with Gasteiger partial charge in [-0.15, -0.1) is 0 Å². The van der Waals surface area contributed by atoms with Gasteiger partial charge in [-0.1, -0.05) is 0 Å². The third-order valence-electron chi connectivity index (χ3n) is 4.26. The molecule has 0 spiro atoms. The molecular formula is C13H20N4. The fourth-order valence-corrected chi connectivity index (χ4v) is 3.28. The number of anilines is 4. The lowest BCUT2D eigenvalue weighted by molar-refractivity contribution is 0.545. The molecular weight excluding hydrogens is 212 g/mol. The van der Waals surface area contributed by atoms with E-state index in [1.54, 1.807) is 0 Å². The van der Waals surface area contributed by atoms with Crippen LogP contribution >= 0.6 is 0 Å². The third kappa shape index (κ3) is 1.18. The highest BCUT2D eigenvalue weighted by molar-refractivity contribution is 5.92. The van der Waals surface area contributed by atoms with Crippen LogP contribution in [0, 0.1) is 13.8 Å². The van der Waals surface area contributed by atoms with E-state index in [2.05, 4.69) is 30.6 Å². The van der Waals surface area contributed by atoms with Crippen LogP contribution in [-0.2, 0) is 0 Å². The van der Waals surface area contributed by atoms with Crippen LogP contribution in [0.1, 0.15) is 18.1 Å². The van der Waals surface area contributed by atoms with Crippen LogP contribution < -0.4 is 21.3 Å². The second kappa shape index (κ2) is 3.22. The Hall–Kier alpha value is -1.58. The zero-order valence-corrected chi connectivity index (χ0v) is 10.7. The maximum atomic E-state index is 6.30. The first-order valence-corrected chi connectivity index (χ1v) is 6.22. The summed E-state index contributed by atoms with van der Waals surface area (Å²) in [4.78, 5) is 4.80. The molecule has 4 heteroatoms. The molecule has 4 bridgehead atoms. The predicted molar refractivity (Wildman–Crippen MR) is 73.8 cm³/mol. The number of nitrogens with two attached hydrogens (primary N) is 2. The Morgan fingerprint density at radius 2 is 1.59 bits per heavy atom. The normalized spacial score (nSPS) is 21.9. The summed E-state index contributed by atoms with van der Waals surface area (Å²) in [5.41, 5.74) is 19.0. The maximum absolute atomic E-state index is 6.30. The summed E-state index contributed by atoms with van der Waals surface area (Å²) < 4.78 is 0. The van der Waals surface area contributed by atoms with Crippen molar-refractivity contribution in [2.75, 3.05) is 40.9 Å². The van der Waals surface area contributed by atoms with E-state index in [9.17, 15) is 0 Å². The van der Waals surface area contributed by atoms with Gasteiger partial charge < -0.3 is 21.3 Å². The van der Waals surface area contributed by atoms with Crippen molar-refractivity contribution >= 4 is 22.7 Å². The molecule has 0 saturated carbocycles. The van der Waals surface area contributed by atoms with E-state index in [1.807, 2.05) is 0 Å². The van der Waals surface area contributed by atoms with Crippen molar-refractivity contribution in [1.82, 2.24) is 0 Å². The van der Waals surface area contributed by atoms with Gasteiger partial charge in [0, 0.05) is 25.7 Å². The van der Waals surface area contributed by atoms with E-state index in [0.29, 0.717) is 6.04 Å². The third-order valence-corrected chi connectivity index (χ3v) is 4.26. The van der Waals surface area contributed by atoms with Gasteiger partial charge in [0.2, 0.25) is 0 Å². The number of hydrogen-bond donors (Lipinski definition) is 2. The van der Waals surface area contributed by atoms with Crippen molar-refractivity contribution in [2.45, 2.75) is 26.8 Å². The summed E-state index contributed by atoms with van der Waals surface area (Å²) in [5.74, 6) is 0. The van der Waals surface area contributed by atoms with Crippen LogP contribution in [0.5, 0.6) is 0 Å². The van der Waals surface area contributed by atoms with Gasteiger partial charge in [0.25, 0.3) is 0 Å². The second-order valence-corrected chi connectivity index (χ2v) is 5.26. The lowest BCUT2D eigenvalue weighted by Gasteiger charge is -2.48. The van der Waals surface area contributed by atoms with Crippen molar-refractivity contribution in [2.24, 2.45) is 0 Å². The van der Waals surface area contributed by atoms with Crippen LogP contribution in [-0.4, -0.2) is 25.7 Å². The van der Waals surface area contributed by atoms with Gasteiger partial charge in [-0.3, -0.25) is 0 Å². The van der Waals surface area contributed by atoms with Gasteiger partial charge in [0.1, 0.15) is 0 Å². The average Bonchev–Trinajstić information content (AvgIpc) is 2.28. The summed E-state index contributed by atoms with van der Waals surface area (Å²) in [6, 6.07) is 0.503. The first kappa shape index (κ1) is 10.6. The van der Waals surface area contributed by atoms with Gasteiger partial charge >= 0.3 is 0 Å². The number of rotatable bonds is 0. The Morgan fingerprint density at radius 3 is 2.24 bits per heavy atom. The zero-order valence-electron chi connectivity index (χ0n) is 10.7. The van der Waals surface area contributed by atoms with Crippen LogP contribution in [0.4, 0.5) is 22.7 Å². The minimum atomic E-state index is 0.503. The Morgan fingerprint density at radius 1 is 1.00 bits per heavy atom. The van der Waals surface area contributed by atoms with Crippen molar-refractivity contribution in [3.05, 3.63) is 11.1 Å². The average molecular weight is 232 g/mol. The number of nitrogens with zero attached hydrogens (tertiary/aromatic N) is 2. The van der Waals surface area contributed by atoms with Crippen molar-refractivity contribution in [3.8, 4) is 0 Å². The maximum Gasteiger partial charge on any atom is 0.0658 e. The molecule has 5 aliphatic heterocycles. The molecule has 17 heavy (non-hydrogen) atoms. The monoisotopic (exact) mass is 232 g/mol. The van der Waals surface area contributed by atoms with Gasteiger partial charge in [0.05, 0.1) is 22.7 Å². The lowest BCUT2D eigenvalue weighted by atomic mass is 9.95.